The maximum Gasteiger partial charge on any atom is 0 e. The Hall–Kier alpha value is 0.528. The van der Waals surface area contributed by atoms with E-state index in [1.54, 1.807) is 0 Å². The van der Waals surface area contributed by atoms with Crippen LogP contribution in [-0.4, -0.2) is 24.0 Å². The number of nitrogens with two attached hydrogens (primary N) is 2. The van der Waals surface area contributed by atoms with Crippen molar-refractivity contribution in [3.05, 3.63) is 0 Å². The molecular weight excluding hydrogens is 303 g/mol. The van der Waals surface area contributed by atoms with E-state index >= 15 is 0 Å². The molecule has 0 saturated heterocycles. The SMILES string of the molecule is NCCCCN.O.O.[Pt]. The molecule has 0 aromatic carbocycles. The monoisotopic (exact) mass is 319 g/mol. The fourth-order valence-corrected chi connectivity index (χ4v) is 0.289. The third-order valence-corrected chi connectivity index (χ3v) is 0.658. The summed E-state index contributed by atoms with van der Waals surface area (Å²) in [5, 5.41) is 0. The molecule has 0 fully saturated rings. The van der Waals surface area contributed by atoms with E-state index in [0.29, 0.717) is 0 Å². The molecule has 5 heteroatoms. The van der Waals surface area contributed by atoms with Gasteiger partial charge in [-0.3, -0.25) is 0 Å². The smallest absolute Gasteiger partial charge is 0 e. The van der Waals surface area contributed by atoms with Crippen LogP contribution in [0.1, 0.15) is 12.8 Å². The zero-order chi connectivity index (χ0) is 4.83. The van der Waals surface area contributed by atoms with Crippen molar-refractivity contribution in [2.24, 2.45) is 11.5 Å². The molecule has 8 N–H and O–H groups in total. The molecular formula is C4H16N2O2Pt. The Morgan fingerprint density at radius 2 is 1.00 bits per heavy atom. The predicted octanol–water partition coefficient (Wildman–Crippen LogP) is -1.97. The summed E-state index contributed by atoms with van der Waals surface area (Å²) in [7, 11) is 0. The molecule has 0 spiro atoms. The van der Waals surface area contributed by atoms with Crippen molar-refractivity contribution in [3.63, 3.8) is 0 Å². The first-order chi connectivity index (χ1) is 2.91. The Kier molecular flexibility index (Phi) is 59.4. The first kappa shape index (κ1) is 22.7. The summed E-state index contributed by atoms with van der Waals surface area (Å²) >= 11 is 0. The number of unbranched alkanes of at least 4 members (excludes halogenated alkanes) is 1. The number of hydrogen-bond acceptors (Lipinski definition) is 2. The van der Waals surface area contributed by atoms with Crippen molar-refractivity contribution in [3.8, 4) is 0 Å². The van der Waals surface area contributed by atoms with Gasteiger partial charge >= 0.3 is 0 Å². The Bertz CT molecular complexity index is 28.5. The Balaban J connectivity index is -0.0000000417. The third kappa shape index (κ3) is 29.2. The standard InChI is InChI=1S/C4H12N2.2H2O.Pt/c5-3-1-2-4-6;;;/h1-6H2;2*1H2;. The van der Waals surface area contributed by atoms with Gasteiger partial charge in [-0.1, -0.05) is 0 Å². The molecule has 9 heavy (non-hydrogen) atoms. The van der Waals surface area contributed by atoms with Gasteiger partial charge in [0.2, 0.25) is 0 Å². The van der Waals surface area contributed by atoms with Crippen LogP contribution in [0, 0.1) is 0 Å². The zero-order valence-electron chi connectivity index (χ0n) is 5.30. The second-order valence-electron chi connectivity index (χ2n) is 1.28. The number of hydrogen-bond donors (Lipinski definition) is 2. The summed E-state index contributed by atoms with van der Waals surface area (Å²) in [6.07, 6.45) is 2.13. The van der Waals surface area contributed by atoms with Gasteiger partial charge in [0.05, 0.1) is 0 Å². The minimum absolute atomic E-state index is 0. The van der Waals surface area contributed by atoms with E-state index in [9.17, 15) is 0 Å². The summed E-state index contributed by atoms with van der Waals surface area (Å²) in [6, 6.07) is 0. The van der Waals surface area contributed by atoms with Crippen molar-refractivity contribution in [1.29, 1.82) is 0 Å². The van der Waals surface area contributed by atoms with Gasteiger partial charge in [-0.25, -0.2) is 0 Å². The molecule has 0 atom stereocenters. The van der Waals surface area contributed by atoms with Crippen molar-refractivity contribution < 1.29 is 32.0 Å². The van der Waals surface area contributed by atoms with Gasteiger partial charge in [-0.2, -0.15) is 0 Å². The topological polar surface area (TPSA) is 115 Å². The average molecular weight is 319 g/mol. The summed E-state index contributed by atoms with van der Waals surface area (Å²) in [4.78, 5) is 0. The Labute approximate surface area is 69.9 Å². The van der Waals surface area contributed by atoms with Crippen molar-refractivity contribution >= 4 is 0 Å². The fraction of sp³-hybridized carbons (Fsp3) is 1.00. The summed E-state index contributed by atoms with van der Waals surface area (Å²) < 4.78 is 0. The van der Waals surface area contributed by atoms with Crippen LogP contribution < -0.4 is 11.5 Å². The minimum Gasteiger partial charge on any atom is -0.412 e. The van der Waals surface area contributed by atoms with Crippen LogP contribution in [0.2, 0.25) is 0 Å². The summed E-state index contributed by atoms with van der Waals surface area (Å²) in [5.41, 5.74) is 10.3. The van der Waals surface area contributed by atoms with Crippen LogP contribution in [-0.2, 0) is 21.1 Å². The quantitative estimate of drug-likeness (QED) is 0.588. The molecule has 0 amide bonds. The summed E-state index contributed by atoms with van der Waals surface area (Å²) in [5.74, 6) is 0. The van der Waals surface area contributed by atoms with Crippen molar-refractivity contribution in [2.45, 2.75) is 12.8 Å². The number of rotatable bonds is 3. The van der Waals surface area contributed by atoms with Gasteiger partial charge in [0, 0.05) is 21.1 Å². The van der Waals surface area contributed by atoms with Crippen LogP contribution in [0.4, 0.5) is 0 Å². The normalized spacial score (nSPS) is 6.00. The van der Waals surface area contributed by atoms with E-state index in [-0.39, 0.29) is 32.0 Å². The van der Waals surface area contributed by atoms with E-state index in [0.717, 1.165) is 25.9 Å². The first-order valence-corrected chi connectivity index (χ1v) is 2.32. The van der Waals surface area contributed by atoms with Gasteiger partial charge in [0.15, 0.2) is 0 Å². The third-order valence-electron chi connectivity index (χ3n) is 0.658. The van der Waals surface area contributed by atoms with E-state index in [2.05, 4.69) is 0 Å². The van der Waals surface area contributed by atoms with E-state index < -0.39 is 0 Å². The van der Waals surface area contributed by atoms with Crippen molar-refractivity contribution in [2.75, 3.05) is 13.1 Å². The average Bonchev–Trinajstić information content (AvgIpc) is 1.61. The van der Waals surface area contributed by atoms with Crippen LogP contribution >= 0.6 is 0 Å². The molecule has 0 aromatic rings. The molecule has 0 rings (SSSR count). The molecule has 0 saturated carbocycles. The second-order valence-corrected chi connectivity index (χ2v) is 1.28. The van der Waals surface area contributed by atoms with Crippen molar-refractivity contribution in [1.82, 2.24) is 0 Å². The second kappa shape index (κ2) is 23.6. The van der Waals surface area contributed by atoms with Gasteiger partial charge in [0.25, 0.3) is 0 Å². The Morgan fingerprint density at radius 1 is 0.778 bits per heavy atom. The van der Waals surface area contributed by atoms with E-state index in [1.807, 2.05) is 0 Å². The van der Waals surface area contributed by atoms with Crippen LogP contribution in [0.15, 0.2) is 0 Å². The van der Waals surface area contributed by atoms with Gasteiger partial charge in [0.1, 0.15) is 0 Å². The molecule has 4 nitrogen and oxygen atoms in total. The first-order valence-electron chi connectivity index (χ1n) is 2.32. The molecule has 64 valence electrons. The zero-order valence-corrected chi connectivity index (χ0v) is 7.57. The molecule has 0 aliphatic heterocycles. The van der Waals surface area contributed by atoms with Gasteiger partial charge in [-0.15, -0.1) is 0 Å². The van der Waals surface area contributed by atoms with E-state index in [4.69, 9.17) is 11.5 Å². The van der Waals surface area contributed by atoms with Crippen LogP contribution in [0.5, 0.6) is 0 Å². The van der Waals surface area contributed by atoms with Crippen LogP contribution in [0.3, 0.4) is 0 Å². The minimum atomic E-state index is 0. The molecule has 0 aromatic heterocycles. The molecule has 0 bridgehead atoms. The largest absolute Gasteiger partial charge is 0.412 e. The summed E-state index contributed by atoms with van der Waals surface area (Å²) in [6.45, 7) is 1.55. The molecule has 0 heterocycles. The molecule has 0 radical (unpaired) electrons. The fourth-order valence-electron chi connectivity index (χ4n) is 0.289. The Morgan fingerprint density at radius 3 is 1.11 bits per heavy atom. The van der Waals surface area contributed by atoms with E-state index in [1.165, 1.54) is 0 Å². The maximum absolute atomic E-state index is 5.16. The van der Waals surface area contributed by atoms with Gasteiger partial charge in [-0.05, 0) is 25.9 Å². The predicted molar refractivity (Wildman–Crippen MR) is 34.6 cm³/mol. The maximum atomic E-state index is 5.16. The molecule has 0 aliphatic rings. The van der Waals surface area contributed by atoms with Gasteiger partial charge < -0.3 is 22.4 Å². The van der Waals surface area contributed by atoms with Crippen LogP contribution in [0.25, 0.3) is 0 Å². The molecule has 0 unspecified atom stereocenters. The molecule has 0 aliphatic carbocycles.